The monoisotopic (exact) mass is 329 g/mol. The molecule has 0 fully saturated rings. The SMILES string of the molecule is CCN(Cc1ccc(Br)cc1Cl)CC(F)(F)F. The van der Waals surface area contributed by atoms with E-state index in [0.29, 0.717) is 17.1 Å². The van der Waals surface area contributed by atoms with Crippen LogP contribution in [-0.2, 0) is 6.54 Å². The Morgan fingerprint density at radius 3 is 2.47 bits per heavy atom. The second kappa shape index (κ2) is 6.07. The molecule has 96 valence electrons. The van der Waals surface area contributed by atoms with Gasteiger partial charge in [0.05, 0.1) is 6.54 Å². The van der Waals surface area contributed by atoms with E-state index in [-0.39, 0.29) is 6.54 Å². The topological polar surface area (TPSA) is 3.24 Å². The van der Waals surface area contributed by atoms with Gasteiger partial charge in [-0.05, 0) is 24.2 Å². The van der Waals surface area contributed by atoms with Crippen LogP contribution in [0.25, 0.3) is 0 Å². The molecule has 0 aliphatic carbocycles. The van der Waals surface area contributed by atoms with Gasteiger partial charge >= 0.3 is 6.18 Å². The largest absolute Gasteiger partial charge is 0.401 e. The molecule has 1 aromatic rings. The summed E-state index contributed by atoms with van der Waals surface area (Å²) in [5.41, 5.74) is 0.695. The summed E-state index contributed by atoms with van der Waals surface area (Å²) in [6.07, 6.45) is -4.18. The fourth-order valence-corrected chi connectivity index (χ4v) is 2.16. The van der Waals surface area contributed by atoms with Crippen LogP contribution < -0.4 is 0 Å². The van der Waals surface area contributed by atoms with Gasteiger partial charge in [-0.25, -0.2) is 0 Å². The lowest BCUT2D eigenvalue weighted by molar-refractivity contribution is -0.146. The zero-order chi connectivity index (χ0) is 13.1. The number of benzene rings is 1. The highest BCUT2D eigenvalue weighted by Gasteiger charge is 2.30. The lowest BCUT2D eigenvalue weighted by atomic mass is 10.2. The van der Waals surface area contributed by atoms with Crippen LogP contribution in [0.4, 0.5) is 13.2 Å². The van der Waals surface area contributed by atoms with Gasteiger partial charge < -0.3 is 0 Å². The van der Waals surface area contributed by atoms with Gasteiger partial charge in [0.1, 0.15) is 0 Å². The Hall–Kier alpha value is -0.260. The Bertz CT molecular complexity index is 381. The molecule has 0 atom stereocenters. The maximum absolute atomic E-state index is 12.3. The Labute approximate surface area is 112 Å². The van der Waals surface area contributed by atoms with Gasteiger partial charge in [0.15, 0.2) is 0 Å². The molecule has 1 rings (SSSR count). The molecule has 0 spiro atoms. The standard InChI is InChI=1S/C11H12BrClF3N/c1-2-17(7-11(14,15)16)6-8-3-4-9(12)5-10(8)13/h3-5H,2,6-7H2,1H3. The van der Waals surface area contributed by atoms with Crippen molar-refractivity contribution >= 4 is 27.5 Å². The number of nitrogens with zero attached hydrogens (tertiary/aromatic N) is 1. The van der Waals surface area contributed by atoms with E-state index >= 15 is 0 Å². The third-order valence-corrected chi connectivity index (χ3v) is 3.10. The van der Waals surface area contributed by atoms with E-state index in [1.807, 2.05) is 0 Å². The number of alkyl halides is 3. The molecule has 0 saturated carbocycles. The number of hydrogen-bond donors (Lipinski definition) is 0. The van der Waals surface area contributed by atoms with Gasteiger partial charge in [0, 0.05) is 16.0 Å². The summed E-state index contributed by atoms with van der Waals surface area (Å²) in [4.78, 5) is 1.30. The summed E-state index contributed by atoms with van der Waals surface area (Å²) in [5.74, 6) is 0. The number of halogens is 5. The first-order chi connectivity index (χ1) is 7.81. The summed E-state index contributed by atoms with van der Waals surface area (Å²) < 4.78 is 37.6. The summed E-state index contributed by atoms with van der Waals surface area (Å²) in [7, 11) is 0. The van der Waals surface area contributed by atoms with E-state index in [9.17, 15) is 13.2 Å². The normalized spacial score (nSPS) is 12.2. The van der Waals surface area contributed by atoms with Crippen molar-refractivity contribution in [2.75, 3.05) is 13.1 Å². The van der Waals surface area contributed by atoms with Crippen LogP contribution in [0.1, 0.15) is 12.5 Å². The third-order valence-electron chi connectivity index (χ3n) is 2.26. The average Bonchev–Trinajstić information content (AvgIpc) is 2.19. The van der Waals surface area contributed by atoms with Crippen LogP contribution in [0.3, 0.4) is 0 Å². The Morgan fingerprint density at radius 2 is 2.00 bits per heavy atom. The predicted molar refractivity (Wildman–Crippen MR) is 66.2 cm³/mol. The predicted octanol–water partition coefficient (Wildman–Crippen LogP) is 4.49. The van der Waals surface area contributed by atoms with Crippen molar-refractivity contribution in [1.82, 2.24) is 4.90 Å². The Balaban J connectivity index is 2.74. The molecule has 0 amide bonds. The molecule has 1 nitrogen and oxygen atoms in total. The molecule has 0 aliphatic rings. The third kappa shape index (κ3) is 5.27. The first-order valence-electron chi connectivity index (χ1n) is 5.05. The van der Waals surface area contributed by atoms with Crippen LogP contribution in [0, 0.1) is 0 Å². The van der Waals surface area contributed by atoms with Gasteiger partial charge in [0.2, 0.25) is 0 Å². The van der Waals surface area contributed by atoms with Crippen LogP contribution in [0.5, 0.6) is 0 Å². The fraction of sp³-hybridized carbons (Fsp3) is 0.455. The maximum atomic E-state index is 12.3. The zero-order valence-corrected chi connectivity index (χ0v) is 11.5. The first kappa shape index (κ1) is 14.8. The second-order valence-electron chi connectivity index (χ2n) is 3.65. The Kier molecular flexibility index (Phi) is 5.28. The van der Waals surface area contributed by atoms with Crippen molar-refractivity contribution in [3.63, 3.8) is 0 Å². The molecule has 0 aromatic heterocycles. The molecule has 0 saturated heterocycles. The fourth-order valence-electron chi connectivity index (χ4n) is 1.42. The molecule has 0 heterocycles. The van der Waals surface area contributed by atoms with Crippen LogP contribution in [0.15, 0.2) is 22.7 Å². The minimum atomic E-state index is -4.18. The minimum absolute atomic E-state index is 0.197. The molecular formula is C11H12BrClF3N. The van der Waals surface area contributed by atoms with Gasteiger partial charge in [-0.2, -0.15) is 13.2 Å². The van der Waals surface area contributed by atoms with Crippen molar-refractivity contribution in [1.29, 1.82) is 0 Å². The first-order valence-corrected chi connectivity index (χ1v) is 6.22. The van der Waals surface area contributed by atoms with Gasteiger partial charge in [0.25, 0.3) is 0 Å². The van der Waals surface area contributed by atoms with E-state index in [0.717, 1.165) is 4.47 Å². The van der Waals surface area contributed by atoms with E-state index < -0.39 is 12.7 Å². The summed E-state index contributed by atoms with van der Waals surface area (Å²) in [6, 6.07) is 5.17. The molecule has 6 heteroatoms. The zero-order valence-electron chi connectivity index (χ0n) is 9.19. The minimum Gasteiger partial charge on any atom is -0.291 e. The smallest absolute Gasteiger partial charge is 0.291 e. The van der Waals surface area contributed by atoms with Gasteiger partial charge in [-0.15, -0.1) is 0 Å². The van der Waals surface area contributed by atoms with Crippen LogP contribution >= 0.6 is 27.5 Å². The van der Waals surface area contributed by atoms with Gasteiger partial charge in [-0.1, -0.05) is 40.5 Å². The number of hydrogen-bond acceptors (Lipinski definition) is 1. The molecule has 0 bridgehead atoms. The molecule has 0 radical (unpaired) electrons. The van der Waals surface area contributed by atoms with E-state index in [1.54, 1.807) is 25.1 Å². The quantitative estimate of drug-likeness (QED) is 0.786. The maximum Gasteiger partial charge on any atom is 0.401 e. The molecule has 0 aliphatic heterocycles. The van der Waals surface area contributed by atoms with Crippen molar-refractivity contribution in [2.24, 2.45) is 0 Å². The molecule has 0 unspecified atom stereocenters. The highest BCUT2D eigenvalue weighted by Crippen LogP contribution is 2.24. The lowest BCUT2D eigenvalue weighted by Gasteiger charge is -2.22. The summed E-state index contributed by atoms with van der Waals surface area (Å²) >= 11 is 9.21. The summed E-state index contributed by atoms with van der Waals surface area (Å²) in [6.45, 7) is 1.29. The van der Waals surface area contributed by atoms with Crippen molar-refractivity contribution < 1.29 is 13.2 Å². The molecular weight excluding hydrogens is 318 g/mol. The van der Waals surface area contributed by atoms with Crippen LogP contribution in [0.2, 0.25) is 5.02 Å². The van der Waals surface area contributed by atoms with E-state index in [2.05, 4.69) is 15.9 Å². The van der Waals surface area contributed by atoms with Crippen molar-refractivity contribution in [3.8, 4) is 0 Å². The number of rotatable bonds is 4. The van der Waals surface area contributed by atoms with Crippen LogP contribution in [-0.4, -0.2) is 24.2 Å². The van der Waals surface area contributed by atoms with Crippen molar-refractivity contribution in [2.45, 2.75) is 19.6 Å². The molecule has 0 N–H and O–H groups in total. The highest BCUT2D eigenvalue weighted by atomic mass is 79.9. The average molecular weight is 331 g/mol. The van der Waals surface area contributed by atoms with Crippen molar-refractivity contribution in [3.05, 3.63) is 33.3 Å². The lowest BCUT2D eigenvalue weighted by Crippen LogP contribution is -2.33. The van der Waals surface area contributed by atoms with E-state index in [4.69, 9.17) is 11.6 Å². The highest BCUT2D eigenvalue weighted by molar-refractivity contribution is 9.10. The van der Waals surface area contributed by atoms with Gasteiger partial charge in [-0.3, -0.25) is 4.90 Å². The molecule has 1 aromatic carbocycles. The summed E-state index contributed by atoms with van der Waals surface area (Å²) in [5, 5.41) is 0.472. The second-order valence-corrected chi connectivity index (χ2v) is 4.98. The molecule has 17 heavy (non-hydrogen) atoms. The van der Waals surface area contributed by atoms with E-state index in [1.165, 1.54) is 4.90 Å². The Morgan fingerprint density at radius 1 is 1.35 bits per heavy atom.